The SMILES string of the molecule is CCOC(=O)c1c(-c2ccc(/C=C3/SC(=S)NC3=O)cc2)c2ccccc2n1Cc1ccccc1. The molecule has 5 rings (SSSR count). The molecule has 1 aliphatic rings. The highest BCUT2D eigenvalue weighted by molar-refractivity contribution is 8.26. The maximum absolute atomic E-state index is 13.3. The largest absolute Gasteiger partial charge is 0.461 e. The summed E-state index contributed by atoms with van der Waals surface area (Å²) in [7, 11) is 0. The Hall–Kier alpha value is -3.68. The number of amides is 1. The van der Waals surface area contributed by atoms with E-state index in [9.17, 15) is 9.59 Å². The minimum atomic E-state index is -0.353. The molecule has 1 aromatic heterocycles. The molecule has 7 heteroatoms. The lowest BCUT2D eigenvalue weighted by molar-refractivity contribution is -0.115. The number of carbonyl (C=O) groups excluding carboxylic acids is 2. The fraction of sp³-hybridized carbons (Fsp3) is 0.107. The Kier molecular flexibility index (Phi) is 6.53. The summed E-state index contributed by atoms with van der Waals surface area (Å²) in [4.78, 5) is 25.9. The molecule has 0 saturated carbocycles. The zero-order valence-electron chi connectivity index (χ0n) is 19.0. The van der Waals surface area contributed by atoms with Crippen LogP contribution in [0.2, 0.25) is 0 Å². The van der Waals surface area contributed by atoms with Gasteiger partial charge in [0, 0.05) is 23.0 Å². The van der Waals surface area contributed by atoms with E-state index in [1.54, 1.807) is 0 Å². The van der Waals surface area contributed by atoms with Gasteiger partial charge in [0.15, 0.2) is 0 Å². The van der Waals surface area contributed by atoms with E-state index >= 15 is 0 Å². The number of thiocarbonyl (C=S) groups is 1. The van der Waals surface area contributed by atoms with Crippen LogP contribution in [0.15, 0.2) is 83.8 Å². The van der Waals surface area contributed by atoms with Crippen LogP contribution in [0, 0.1) is 0 Å². The summed E-state index contributed by atoms with van der Waals surface area (Å²) in [6, 6.07) is 25.9. The van der Waals surface area contributed by atoms with Crippen molar-refractivity contribution in [2.24, 2.45) is 0 Å². The van der Waals surface area contributed by atoms with Crippen LogP contribution in [0.1, 0.15) is 28.5 Å². The zero-order valence-corrected chi connectivity index (χ0v) is 20.6. The topological polar surface area (TPSA) is 60.3 Å². The van der Waals surface area contributed by atoms with Gasteiger partial charge < -0.3 is 14.6 Å². The van der Waals surface area contributed by atoms with Gasteiger partial charge in [-0.15, -0.1) is 0 Å². The highest BCUT2D eigenvalue weighted by atomic mass is 32.2. The molecule has 4 aromatic rings. The lowest BCUT2D eigenvalue weighted by Gasteiger charge is -2.12. The first-order valence-electron chi connectivity index (χ1n) is 11.2. The first kappa shape index (κ1) is 23.1. The number of fused-ring (bicyclic) bond motifs is 1. The molecule has 174 valence electrons. The van der Waals surface area contributed by atoms with Crippen molar-refractivity contribution in [3.8, 4) is 11.1 Å². The third-order valence-corrected chi connectivity index (χ3v) is 6.93. The number of rotatable bonds is 6. The van der Waals surface area contributed by atoms with Crippen LogP contribution in [0.5, 0.6) is 0 Å². The summed E-state index contributed by atoms with van der Waals surface area (Å²) < 4.78 is 8.00. The van der Waals surface area contributed by atoms with Crippen LogP contribution in [-0.2, 0) is 16.1 Å². The summed E-state index contributed by atoms with van der Waals surface area (Å²) >= 11 is 6.33. The van der Waals surface area contributed by atoms with Crippen LogP contribution in [0.3, 0.4) is 0 Å². The molecule has 1 N–H and O–H groups in total. The number of para-hydroxylation sites is 1. The molecule has 2 heterocycles. The van der Waals surface area contributed by atoms with Crippen molar-refractivity contribution in [3.63, 3.8) is 0 Å². The number of benzene rings is 3. The molecule has 0 radical (unpaired) electrons. The van der Waals surface area contributed by atoms with Crippen molar-refractivity contribution in [2.75, 3.05) is 6.61 Å². The lowest BCUT2D eigenvalue weighted by atomic mass is 10.00. The number of hydrogen-bond donors (Lipinski definition) is 1. The molecule has 1 saturated heterocycles. The Morgan fingerprint density at radius 2 is 1.74 bits per heavy atom. The quantitative estimate of drug-likeness (QED) is 0.200. The van der Waals surface area contributed by atoms with E-state index in [2.05, 4.69) is 17.4 Å². The van der Waals surface area contributed by atoms with Gasteiger partial charge in [-0.1, -0.05) is 96.8 Å². The van der Waals surface area contributed by atoms with Crippen LogP contribution in [0.4, 0.5) is 0 Å². The number of nitrogens with zero attached hydrogens (tertiary/aromatic N) is 1. The second kappa shape index (κ2) is 9.90. The normalized spacial score (nSPS) is 14.5. The first-order valence-corrected chi connectivity index (χ1v) is 12.4. The number of esters is 1. The van der Waals surface area contributed by atoms with Gasteiger partial charge in [0.2, 0.25) is 0 Å². The molecule has 0 spiro atoms. The molecular weight excluding hydrogens is 476 g/mol. The molecule has 1 fully saturated rings. The Bertz CT molecular complexity index is 1470. The Morgan fingerprint density at radius 3 is 2.43 bits per heavy atom. The predicted octanol–water partition coefficient (Wildman–Crippen LogP) is 6.02. The minimum Gasteiger partial charge on any atom is -0.461 e. The van der Waals surface area contributed by atoms with Crippen molar-refractivity contribution in [2.45, 2.75) is 13.5 Å². The Labute approximate surface area is 212 Å². The number of aromatic nitrogens is 1. The molecule has 1 aliphatic heterocycles. The summed E-state index contributed by atoms with van der Waals surface area (Å²) in [5.41, 5.74) is 5.20. The Morgan fingerprint density at radius 1 is 1.03 bits per heavy atom. The number of carbonyl (C=O) groups is 2. The third kappa shape index (κ3) is 4.65. The summed E-state index contributed by atoms with van der Waals surface area (Å²) in [6.07, 6.45) is 1.81. The van der Waals surface area contributed by atoms with E-state index in [1.807, 2.05) is 84.3 Å². The van der Waals surface area contributed by atoms with E-state index in [0.29, 0.717) is 28.1 Å². The second-order valence-electron chi connectivity index (χ2n) is 8.01. The lowest BCUT2D eigenvalue weighted by Crippen LogP contribution is -2.17. The summed E-state index contributed by atoms with van der Waals surface area (Å²) in [6.45, 7) is 2.65. The van der Waals surface area contributed by atoms with E-state index < -0.39 is 0 Å². The standard InChI is InChI=1S/C28H22N2O3S2/c1-2-33-27(32)25-24(20-14-12-18(13-15-20)16-23-26(31)29-28(34)35-23)21-10-6-7-11-22(21)30(25)17-19-8-4-3-5-9-19/h3-16H,2,17H2,1H3,(H,29,31,34)/b23-16+. The number of hydrogen-bond acceptors (Lipinski definition) is 5. The molecule has 35 heavy (non-hydrogen) atoms. The highest BCUT2D eigenvalue weighted by Gasteiger charge is 2.25. The monoisotopic (exact) mass is 498 g/mol. The Balaban J connectivity index is 1.63. The van der Waals surface area contributed by atoms with Crippen molar-refractivity contribution in [1.29, 1.82) is 0 Å². The average molecular weight is 499 g/mol. The first-order chi connectivity index (χ1) is 17.0. The van der Waals surface area contributed by atoms with E-state index in [-0.39, 0.29) is 11.9 Å². The smallest absolute Gasteiger partial charge is 0.355 e. The summed E-state index contributed by atoms with van der Waals surface area (Å²) in [5.74, 6) is -0.536. The van der Waals surface area contributed by atoms with Crippen LogP contribution in [0.25, 0.3) is 28.1 Å². The molecule has 5 nitrogen and oxygen atoms in total. The molecule has 0 aliphatic carbocycles. The fourth-order valence-electron chi connectivity index (χ4n) is 4.26. The van der Waals surface area contributed by atoms with Crippen molar-refractivity contribution >= 4 is 57.2 Å². The van der Waals surface area contributed by atoms with E-state index in [4.69, 9.17) is 17.0 Å². The maximum Gasteiger partial charge on any atom is 0.355 e. The molecule has 3 aromatic carbocycles. The molecule has 1 amide bonds. The van der Waals surface area contributed by atoms with Crippen molar-refractivity contribution in [3.05, 3.63) is 101 Å². The molecular formula is C28H22N2O3S2. The number of nitrogens with one attached hydrogen (secondary N) is 1. The van der Waals surface area contributed by atoms with Gasteiger partial charge in [-0.25, -0.2) is 4.79 Å². The van der Waals surface area contributed by atoms with Gasteiger partial charge in [0.05, 0.1) is 11.5 Å². The van der Waals surface area contributed by atoms with Gasteiger partial charge in [-0.3, -0.25) is 4.79 Å². The highest BCUT2D eigenvalue weighted by Crippen LogP contribution is 2.36. The van der Waals surface area contributed by atoms with Gasteiger partial charge in [0.1, 0.15) is 10.0 Å². The van der Waals surface area contributed by atoms with Gasteiger partial charge in [-0.05, 0) is 35.8 Å². The van der Waals surface area contributed by atoms with Crippen molar-refractivity contribution < 1.29 is 14.3 Å². The third-order valence-electron chi connectivity index (χ3n) is 5.76. The van der Waals surface area contributed by atoms with Crippen LogP contribution < -0.4 is 5.32 Å². The zero-order chi connectivity index (χ0) is 24.4. The minimum absolute atomic E-state index is 0.183. The molecule has 0 unspecified atom stereocenters. The van der Waals surface area contributed by atoms with Gasteiger partial charge in [0.25, 0.3) is 5.91 Å². The molecule has 0 bridgehead atoms. The van der Waals surface area contributed by atoms with Crippen molar-refractivity contribution in [1.82, 2.24) is 9.88 Å². The average Bonchev–Trinajstić information content (AvgIpc) is 3.36. The van der Waals surface area contributed by atoms with E-state index in [0.717, 1.165) is 33.2 Å². The van der Waals surface area contributed by atoms with Gasteiger partial charge in [-0.2, -0.15) is 0 Å². The van der Waals surface area contributed by atoms with Gasteiger partial charge >= 0.3 is 5.97 Å². The fourth-order valence-corrected chi connectivity index (χ4v) is 5.30. The predicted molar refractivity (Wildman–Crippen MR) is 145 cm³/mol. The van der Waals surface area contributed by atoms with E-state index in [1.165, 1.54) is 11.8 Å². The number of ether oxygens (including phenoxy) is 1. The number of thioether (sulfide) groups is 1. The van der Waals surface area contributed by atoms with Crippen LogP contribution in [-0.4, -0.2) is 27.4 Å². The second-order valence-corrected chi connectivity index (χ2v) is 9.73. The summed E-state index contributed by atoms with van der Waals surface area (Å²) in [5, 5.41) is 3.61. The molecule has 0 atom stereocenters. The van der Waals surface area contributed by atoms with Crippen LogP contribution >= 0.6 is 24.0 Å². The maximum atomic E-state index is 13.3.